The zero-order valence-electron chi connectivity index (χ0n) is 11.4. The van der Waals surface area contributed by atoms with Crippen LogP contribution in [0.15, 0.2) is 24.3 Å². The highest BCUT2D eigenvalue weighted by molar-refractivity contribution is 5.99. The Morgan fingerprint density at radius 3 is 2.95 bits per heavy atom. The van der Waals surface area contributed by atoms with Crippen LogP contribution in [0, 0.1) is 17.8 Å². The highest BCUT2D eigenvalue weighted by Gasteiger charge is 2.71. The van der Waals surface area contributed by atoms with E-state index in [1.165, 1.54) is 6.92 Å². The number of fused-ring (bicyclic) bond motifs is 6. The number of carbonyl (C=O) groups excluding carboxylic acids is 2. The summed E-state index contributed by atoms with van der Waals surface area (Å²) in [5, 5.41) is 2.97. The number of carbonyl (C=O) groups is 2. The van der Waals surface area contributed by atoms with E-state index in [1.807, 2.05) is 24.3 Å². The minimum Gasteiger partial charge on any atom is -0.453 e. The monoisotopic (exact) mass is 271 g/mol. The Morgan fingerprint density at radius 1 is 1.35 bits per heavy atom. The second-order valence-corrected chi connectivity index (χ2v) is 6.10. The van der Waals surface area contributed by atoms with E-state index in [2.05, 4.69) is 5.32 Å². The lowest BCUT2D eigenvalue weighted by atomic mass is 9.50. The van der Waals surface area contributed by atoms with Gasteiger partial charge in [0.2, 0.25) is 5.91 Å². The van der Waals surface area contributed by atoms with E-state index in [0.29, 0.717) is 11.8 Å². The van der Waals surface area contributed by atoms with Crippen LogP contribution in [0.5, 0.6) is 0 Å². The number of benzene rings is 1. The third kappa shape index (κ3) is 1.27. The third-order valence-corrected chi connectivity index (χ3v) is 5.21. The Labute approximate surface area is 117 Å². The zero-order chi connectivity index (χ0) is 13.9. The van der Waals surface area contributed by atoms with Crippen LogP contribution in [-0.2, 0) is 19.9 Å². The largest absolute Gasteiger partial charge is 0.453 e. The predicted octanol–water partition coefficient (Wildman–Crippen LogP) is 2.44. The molecule has 2 aliphatic carbocycles. The van der Waals surface area contributed by atoms with Gasteiger partial charge < -0.3 is 10.1 Å². The maximum atomic E-state index is 12.4. The molecule has 4 atom stereocenters. The van der Waals surface area contributed by atoms with Crippen molar-refractivity contribution >= 4 is 17.6 Å². The molecule has 4 nitrogen and oxygen atoms in total. The van der Waals surface area contributed by atoms with Crippen molar-refractivity contribution < 1.29 is 14.3 Å². The Hall–Kier alpha value is -1.84. The molecule has 4 rings (SSSR count). The van der Waals surface area contributed by atoms with Gasteiger partial charge in [0, 0.05) is 24.1 Å². The van der Waals surface area contributed by atoms with Gasteiger partial charge in [-0.05, 0) is 24.8 Å². The number of hydrogen-bond donors (Lipinski definition) is 1. The first kappa shape index (κ1) is 11.9. The average Bonchev–Trinajstić information content (AvgIpc) is 2.81. The topological polar surface area (TPSA) is 55.4 Å². The summed E-state index contributed by atoms with van der Waals surface area (Å²) in [5.41, 5.74) is 1.05. The smallest absolute Gasteiger partial charge is 0.303 e. The van der Waals surface area contributed by atoms with Gasteiger partial charge in [-0.2, -0.15) is 0 Å². The second-order valence-electron chi connectivity index (χ2n) is 6.10. The Kier molecular flexibility index (Phi) is 2.29. The summed E-state index contributed by atoms with van der Waals surface area (Å²) in [6.45, 7) is 1.43. The van der Waals surface area contributed by atoms with Crippen molar-refractivity contribution in [1.29, 1.82) is 0 Å². The molecular weight excluding hydrogens is 254 g/mol. The van der Waals surface area contributed by atoms with Gasteiger partial charge >= 0.3 is 5.97 Å². The van der Waals surface area contributed by atoms with Gasteiger partial charge in [0.15, 0.2) is 5.60 Å². The minimum absolute atomic E-state index is 0.00750. The number of rotatable bonds is 1. The fraction of sp³-hybridized carbons (Fsp3) is 0.500. The van der Waals surface area contributed by atoms with Crippen LogP contribution in [0.25, 0.3) is 0 Å². The van der Waals surface area contributed by atoms with E-state index in [9.17, 15) is 9.59 Å². The van der Waals surface area contributed by atoms with Crippen molar-refractivity contribution in [3.05, 3.63) is 29.8 Å². The van der Waals surface area contributed by atoms with Crippen molar-refractivity contribution in [3.63, 3.8) is 0 Å². The number of nitrogens with one attached hydrogen (secondary N) is 1. The van der Waals surface area contributed by atoms with Crippen LogP contribution in [0.2, 0.25) is 0 Å². The molecular formula is C16H17NO3. The van der Waals surface area contributed by atoms with Crippen molar-refractivity contribution in [1.82, 2.24) is 0 Å². The maximum Gasteiger partial charge on any atom is 0.303 e. The SMILES string of the molecule is CC(=O)O[C@]12c3ccccc3NC(=O)[C@H]1[C@H]1CCC[C@H]12. The van der Waals surface area contributed by atoms with E-state index < -0.39 is 5.60 Å². The molecule has 1 N–H and O–H groups in total. The number of hydrogen-bond acceptors (Lipinski definition) is 3. The van der Waals surface area contributed by atoms with Crippen LogP contribution >= 0.6 is 0 Å². The maximum absolute atomic E-state index is 12.4. The summed E-state index contributed by atoms with van der Waals surface area (Å²) in [4.78, 5) is 24.1. The van der Waals surface area contributed by atoms with Crippen LogP contribution in [-0.4, -0.2) is 11.9 Å². The Bertz CT molecular complexity index is 611. The molecule has 4 heteroatoms. The lowest BCUT2D eigenvalue weighted by Crippen LogP contribution is -2.66. The fourth-order valence-corrected chi connectivity index (χ4v) is 4.68. The summed E-state index contributed by atoms with van der Waals surface area (Å²) in [6.07, 6.45) is 3.22. The summed E-state index contributed by atoms with van der Waals surface area (Å²) in [5.74, 6) is 0.151. The van der Waals surface area contributed by atoms with Gasteiger partial charge in [-0.3, -0.25) is 9.59 Å². The second kappa shape index (κ2) is 3.84. The number of esters is 1. The molecule has 1 aliphatic heterocycles. The van der Waals surface area contributed by atoms with Crippen molar-refractivity contribution in [3.8, 4) is 0 Å². The molecule has 1 aromatic carbocycles. The molecule has 20 heavy (non-hydrogen) atoms. The molecule has 1 heterocycles. The molecule has 0 bridgehead atoms. The molecule has 1 amide bonds. The van der Waals surface area contributed by atoms with E-state index in [-0.39, 0.29) is 17.8 Å². The summed E-state index contributed by atoms with van der Waals surface area (Å²) in [6, 6.07) is 7.71. The first-order valence-electron chi connectivity index (χ1n) is 7.24. The van der Waals surface area contributed by atoms with Gasteiger partial charge in [0.05, 0.1) is 5.92 Å². The molecule has 2 saturated carbocycles. The van der Waals surface area contributed by atoms with Crippen molar-refractivity contribution in [2.75, 3.05) is 5.32 Å². The molecule has 1 aromatic rings. The molecule has 104 valence electrons. The number of anilines is 1. The first-order chi connectivity index (χ1) is 9.64. The lowest BCUT2D eigenvalue weighted by molar-refractivity contribution is -0.222. The van der Waals surface area contributed by atoms with Crippen LogP contribution in [0.1, 0.15) is 31.7 Å². The normalized spacial score (nSPS) is 37.0. The number of ether oxygens (including phenoxy) is 1. The van der Waals surface area contributed by atoms with E-state index in [4.69, 9.17) is 4.74 Å². The molecule has 2 fully saturated rings. The summed E-state index contributed by atoms with van der Waals surface area (Å²) < 4.78 is 5.79. The fourth-order valence-electron chi connectivity index (χ4n) is 4.68. The molecule has 0 saturated heterocycles. The summed E-state index contributed by atoms with van der Waals surface area (Å²) >= 11 is 0. The van der Waals surface area contributed by atoms with Crippen LogP contribution in [0.3, 0.4) is 0 Å². The average molecular weight is 271 g/mol. The van der Waals surface area contributed by atoms with Gasteiger partial charge in [-0.25, -0.2) is 0 Å². The zero-order valence-corrected chi connectivity index (χ0v) is 11.4. The molecule has 0 radical (unpaired) electrons. The van der Waals surface area contributed by atoms with Crippen molar-refractivity contribution in [2.24, 2.45) is 17.8 Å². The third-order valence-electron chi connectivity index (χ3n) is 5.21. The van der Waals surface area contributed by atoms with Crippen LogP contribution in [0.4, 0.5) is 5.69 Å². The molecule has 0 aromatic heterocycles. The standard InChI is InChI=1S/C16H17NO3/c1-9(18)20-16-11-7-4-5-10(11)14(16)15(19)17-13-8-3-2-6-12(13)16/h2-3,6,8,10-11,14H,4-5,7H2,1H3,(H,17,19)/t10-,11+,14+,16+/m0/s1. The Balaban J connectivity index is 1.91. The molecule has 3 aliphatic rings. The first-order valence-corrected chi connectivity index (χ1v) is 7.24. The molecule has 0 unspecified atom stereocenters. The van der Waals surface area contributed by atoms with Gasteiger partial charge in [0.1, 0.15) is 0 Å². The molecule has 0 spiro atoms. The van der Waals surface area contributed by atoms with Gasteiger partial charge in [0.25, 0.3) is 0 Å². The van der Waals surface area contributed by atoms with E-state index >= 15 is 0 Å². The number of amides is 1. The van der Waals surface area contributed by atoms with E-state index in [0.717, 1.165) is 30.5 Å². The van der Waals surface area contributed by atoms with Gasteiger partial charge in [-0.1, -0.05) is 24.6 Å². The minimum atomic E-state index is -0.716. The van der Waals surface area contributed by atoms with E-state index in [1.54, 1.807) is 0 Å². The Morgan fingerprint density at radius 2 is 2.15 bits per heavy atom. The highest BCUT2D eigenvalue weighted by Crippen LogP contribution is 2.67. The highest BCUT2D eigenvalue weighted by atomic mass is 16.6. The summed E-state index contributed by atoms with van der Waals surface area (Å²) in [7, 11) is 0. The quantitative estimate of drug-likeness (QED) is 0.798. The lowest BCUT2D eigenvalue weighted by Gasteiger charge is -2.59. The predicted molar refractivity (Wildman–Crippen MR) is 72.8 cm³/mol. The van der Waals surface area contributed by atoms with Crippen molar-refractivity contribution in [2.45, 2.75) is 31.8 Å². The van der Waals surface area contributed by atoms with Gasteiger partial charge in [-0.15, -0.1) is 0 Å². The number of para-hydroxylation sites is 1. The van der Waals surface area contributed by atoms with Crippen LogP contribution < -0.4 is 5.32 Å².